The average molecular weight is 158 g/mol. The van der Waals surface area contributed by atoms with Crippen LogP contribution >= 0.6 is 0 Å². The van der Waals surface area contributed by atoms with E-state index in [0.717, 1.165) is 26.2 Å². The molecule has 0 fully saturated rings. The normalized spacial score (nSPS) is 13.9. The lowest BCUT2D eigenvalue weighted by Crippen LogP contribution is -2.40. The van der Waals surface area contributed by atoms with Crippen LogP contribution in [0.25, 0.3) is 0 Å². The number of hydrogen-bond acceptors (Lipinski definition) is 2. The highest BCUT2D eigenvalue weighted by molar-refractivity contribution is 4.66. The molecule has 0 radical (unpaired) electrons. The molecule has 0 rings (SSSR count). The largest absolute Gasteiger partial charge is 0.315 e. The Morgan fingerprint density at radius 2 is 1.73 bits per heavy atom. The Hall–Kier alpha value is -0.0800. The van der Waals surface area contributed by atoms with Gasteiger partial charge >= 0.3 is 0 Å². The smallest absolute Gasteiger partial charge is 0.0192 e. The van der Waals surface area contributed by atoms with Gasteiger partial charge in [0.25, 0.3) is 0 Å². The molecular weight excluding hydrogens is 136 g/mol. The van der Waals surface area contributed by atoms with Crippen LogP contribution in [-0.4, -0.2) is 37.1 Å². The first kappa shape index (κ1) is 10.9. The van der Waals surface area contributed by atoms with Crippen LogP contribution in [0.5, 0.6) is 0 Å². The first-order valence-corrected chi connectivity index (χ1v) is 4.70. The van der Waals surface area contributed by atoms with E-state index < -0.39 is 0 Å². The Morgan fingerprint density at radius 3 is 2.09 bits per heavy atom. The van der Waals surface area contributed by atoms with E-state index in [0.29, 0.717) is 6.04 Å². The van der Waals surface area contributed by atoms with Crippen LogP contribution < -0.4 is 5.32 Å². The molecule has 0 amide bonds. The summed E-state index contributed by atoms with van der Waals surface area (Å²) >= 11 is 0. The summed E-state index contributed by atoms with van der Waals surface area (Å²) in [5.41, 5.74) is 0. The van der Waals surface area contributed by atoms with Crippen molar-refractivity contribution >= 4 is 0 Å². The van der Waals surface area contributed by atoms with Gasteiger partial charge in [-0.05, 0) is 26.6 Å². The summed E-state index contributed by atoms with van der Waals surface area (Å²) in [7, 11) is 0. The molecule has 0 aromatic heterocycles. The summed E-state index contributed by atoms with van der Waals surface area (Å²) in [6.45, 7) is 13.3. The SMILES string of the molecule is CCNCC(C)N(CC)CC. The van der Waals surface area contributed by atoms with Crippen molar-refractivity contribution in [3.05, 3.63) is 0 Å². The number of likely N-dealkylation sites (N-methyl/N-ethyl adjacent to an activating group) is 2. The molecule has 0 aliphatic rings. The molecule has 1 atom stereocenters. The first-order chi connectivity index (χ1) is 5.26. The van der Waals surface area contributed by atoms with E-state index in [1.54, 1.807) is 0 Å². The van der Waals surface area contributed by atoms with Crippen LogP contribution in [0.3, 0.4) is 0 Å². The van der Waals surface area contributed by atoms with Gasteiger partial charge in [0.1, 0.15) is 0 Å². The van der Waals surface area contributed by atoms with Gasteiger partial charge in [0.05, 0.1) is 0 Å². The summed E-state index contributed by atoms with van der Waals surface area (Å²) in [6, 6.07) is 0.671. The van der Waals surface area contributed by atoms with Gasteiger partial charge in [-0.2, -0.15) is 0 Å². The minimum atomic E-state index is 0.671. The molecule has 2 heteroatoms. The summed E-state index contributed by atoms with van der Waals surface area (Å²) in [6.07, 6.45) is 0. The molecule has 0 bridgehead atoms. The zero-order valence-electron chi connectivity index (χ0n) is 8.35. The minimum absolute atomic E-state index is 0.671. The number of nitrogens with one attached hydrogen (secondary N) is 1. The monoisotopic (exact) mass is 158 g/mol. The highest BCUT2D eigenvalue weighted by Crippen LogP contribution is 1.95. The van der Waals surface area contributed by atoms with Gasteiger partial charge in [0, 0.05) is 12.6 Å². The van der Waals surface area contributed by atoms with E-state index in [9.17, 15) is 0 Å². The van der Waals surface area contributed by atoms with E-state index in [4.69, 9.17) is 0 Å². The molecule has 0 saturated heterocycles. The lowest BCUT2D eigenvalue weighted by Gasteiger charge is -2.26. The maximum Gasteiger partial charge on any atom is 0.0192 e. The Morgan fingerprint density at radius 1 is 1.18 bits per heavy atom. The molecular formula is C9H22N2. The molecule has 0 saturated carbocycles. The van der Waals surface area contributed by atoms with Crippen LogP contribution in [0.2, 0.25) is 0 Å². The molecule has 68 valence electrons. The second-order valence-electron chi connectivity index (χ2n) is 2.88. The van der Waals surface area contributed by atoms with Gasteiger partial charge in [0.15, 0.2) is 0 Å². The van der Waals surface area contributed by atoms with Gasteiger partial charge in [-0.25, -0.2) is 0 Å². The van der Waals surface area contributed by atoms with E-state index >= 15 is 0 Å². The topological polar surface area (TPSA) is 15.3 Å². The van der Waals surface area contributed by atoms with E-state index in [1.807, 2.05) is 0 Å². The molecule has 1 N–H and O–H groups in total. The fraction of sp³-hybridized carbons (Fsp3) is 1.00. The van der Waals surface area contributed by atoms with Crippen LogP contribution in [0.1, 0.15) is 27.7 Å². The molecule has 0 aliphatic heterocycles. The van der Waals surface area contributed by atoms with Crippen molar-refractivity contribution in [2.45, 2.75) is 33.7 Å². The zero-order chi connectivity index (χ0) is 8.69. The Labute approximate surface area is 71.0 Å². The summed E-state index contributed by atoms with van der Waals surface area (Å²) in [5.74, 6) is 0. The zero-order valence-corrected chi connectivity index (χ0v) is 8.35. The Balaban J connectivity index is 3.51. The van der Waals surface area contributed by atoms with Crippen molar-refractivity contribution in [1.82, 2.24) is 10.2 Å². The third kappa shape index (κ3) is 4.38. The van der Waals surface area contributed by atoms with Crippen molar-refractivity contribution < 1.29 is 0 Å². The second kappa shape index (κ2) is 6.62. The van der Waals surface area contributed by atoms with Crippen molar-refractivity contribution in [3.8, 4) is 0 Å². The van der Waals surface area contributed by atoms with Crippen LogP contribution in [-0.2, 0) is 0 Å². The standard InChI is InChI=1S/C9H22N2/c1-5-10-8-9(4)11(6-2)7-3/h9-10H,5-8H2,1-4H3. The third-order valence-corrected chi connectivity index (χ3v) is 2.13. The fourth-order valence-electron chi connectivity index (χ4n) is 1.33. The highest BCUT2D eigenvalue weighted by Gasteiger charge is 2.07. The average Bonchev–Trinajstić information content (AvgIpc) is 2.03. The number of nitrogens with zero attached hydrogens (tertiary/aromatic N) is 1. The lowest BCUT2D eigenvalue weighted by atomic mass is 10.3. The molecule has 0 aromatic carbocycles. The van der Waals surface area contributed by atoms with Crippen molar-refractivity contribution in [2.24, 2.45) is 0 Å². The fourth-order valence-corrected chi connectivity index (χ4v) is 1.33. The van der Waals surface area contributed by atoms with E-state index in [2.05, 4.69) is 37.9 Å². The maximum atomic E-state index is 3.36. The van der Waals surface area contributed by atoms with Crippen LogP contribution in [0.4, 0.5) is 0 Å². The van der Waals surface area contributed by atoms with Gasteiger partial charge in [-0.15, -0.1) is 0 Å². The van der Waals surface area contributed by atoms with E-state index in [-0.39, 0.29) is 0 Å². The van der Waals surface area contributed by atoms with Gasteiger partial charge in [-0.3, -0.25) is 4.90 Å². The third-order valence-electron chi connectivity index (χ3n) is 2.13. The molecule has 0 spiro atoms. The number of hydrogen-bond donors (Lipinski definition) is 1. The molecule has 11 heavy (non-hydrogen) atoms. The van der Waals surface area contributed by atoms with E-state index in [1.165, 1.54) is 0 Å². The maximum absolute atomic E-state index is 3.36. The second-order valence-corrected chi connectivity index (χ2v) is 2.88. The predicted molar refractivity (Wildman–Crippen MR) is 50.9 cm³/mol. The minimum Gasteiger partial charge on any atom is -0.315 e. The van der Waals surface area contributed by atoms with Crippen molar-refractivity contribution in [1.29, 1.82) is 0 Å². The Kier molecular flexibility index (Phi) is 6.57. The molecule has 0 heterocycles. The Bertz CT molecular complexity index is 79.6. The van der Waals surface area contributed by atoms with Crippen molar-refractivity contribution in [2.75, 3.05) is 26.2 Å². The summed E-state index contributed by atoms with van der Waals surface area (Å²) in [4.78, 5) is 2.46. The molecule has 1 unspecified atom stereocenters. The van der Waals surface area contributed by atoms with Gasteiger partial charge < -0.3 is 5.32 Å². The summed E-state index contributed by atoms with van der Waals surface area (Å²) < 4.78 is 0. The number of rotatable bonds is 6. The quantitative estimate of drug-likeness (QED) is 0.627. The highest BCUT2D eigenvalue weighted by atomic mass is 15.2. The first-order valence-electron chi connectivity index (χ1n) is 4.70. The van der Waals surface area contributed by atoms with Crippen LogP contribution in [0, 0.1) is 0 Å². The van der Waals surface area contributed by atoms with Gasteiger partial charge in [0.2, 0.25) is 0 Å². The van der Waals surface area contributed by atoms with Crippen molar-refractivity contribution in [3.63, 3.8) is 0 Å². The predicted octanol–water partition coefficient (Wildman–Crippen LogP) is 1.33. The molecule has 0 aromatic rings. The summed E-state index contributed by atoms with van der Waals surface area (Å²) in [5, 5.41) is 3.36. The van der Waals surface area contributed by atoms with Crippen LogP contribution in [0.15, 0.2) is 0 Å². The lowest BCUT2D eigenvalue weighted by molar-refractivity contribution is 0.227. The van der Waals surface area contributed by atoms with Gasteiger partial charge in [-0.1, -0.05) is 20.8 Å². The molecule has 2 nitrogen and oxygen atoms in total. The molecule has 0 aliphatic carbocycles.